The average molecular weight is 384 g/mol. The number of benzene rings is 1. The molecule has 28 heavy (non-hydrogen) atoms. The van der Waals surface area contributed by atoms with E-state index < -0.39 is 0 Å². The second-order valence-corrected chi connectivity index (χ2v) is 8.39. The molecule has 2 fully saturated rings. The van der Waals surface area contributed by atoms with E-state index in [0.717, 1.165) is 74.8 Å². The van der Waals surface area contributed by atoms with Crippen LogP contribution in [0.15, 0.2) is 28.7 Å². The molecular formula is C23H33N3O2. The van der Waals surface area contributed by atoms with Gasteiger partial charge in [0.2, 0.25) is 5.89 Å². The molecule has 5 nitrogen and oxygen atoms in total. The first kappa shape index (κ1) is 19.6. The number of aromatic nitrogens is 1. The topological polar surface area (TPSA) is 41.7 Å². The second-order valence-electron chi connectivity index (χ2n) is 8.39. The summed E-state index contributed by atoms with van der Waals surface area (Å²) in [5.41, 5.74) is 3.37. The van der Waals surface area contributed by atoms with Crippen molar-refractivity contribution in [3.8, 4) is 11.5 Å². The maximum atomic E-state index is 5.98. The lowest BCUT2D eigenvalue weighted by Gasteiger charge is -2.40. The molecule has 4 rings (SSSR count). The second kappa shape index (κ2) is 8.76. The van der Waals surface area contributed by atoms with Crippen molar-refractivity contribution in [2.24, 2.45) is 5.92 Å². The van der Waals surface area contributed by atoms with Gasteiger partial charge in [-0.15, -0.1) is 0 Å². The summed E-state index contributed by atoms with van der Waals surface area (Å²) in [4.78, 5) is 9.96. The Hall–Kier alpha value is -1.69. The van der Waals surface area contributed by atoms with Gasteiger partial charge < -0.3 is 9.15 Å². The summed E-state index contributed by atoms with van der Waals surface area (Å²) < 4.78 is 11.5. The van der Waals surface area contributed by atoms with Crippen molar-refractivity contribution >= 4 is 0 Å². The highest BCUT2D eigenvalue weighted by Gasteiger charge is 2.29. The maximum Gasteiger partial charge on any atom is 0.226 e. The van der Waals surface area contributed by atoms with E-state index in [1.54, 1.807) is 0 Å². The number of likely N-dealkylation sites (tertiary alicyclic amines) is 1. The van der Waals surface area contributed by atoms with Crippen LogP contribution in [0.1, 0.15) is 36.8 Å². The lowest BCUT2D eigenvalue weighted by Crippen LogP contribution is -2.48. The van der Waals surface area contributed by atoms with E-state index in [1.807, 2.05) is 6.92 Å². The van der Waals surface area contributed by atoms with E-state index in [-0.39, 0.29) is 0 Å². The zero-order valence-corrected chi connectivity index (χ0v) is 17.5. The van der Waals surface area contributed by atoms with E-state index in [2.05, 4.69) is 47.9 Å². The Morgan fingerprint density at radius 3 is 2.57 bits per heavy atom. The molecule has 5 heteroatoms. The number of rotatable bonds is 5. The Balaban J connectivity index is 1.33. The largest absolute Gasteiger partial charge is 0.441 e. The molecule has 0 saturated carbocycles. The minimum atomic E-state index is 0.660. The number of hydrogen-bond acceptors (Lipinski definition) is 5. The Labute approximate surface area is 168 Å². The molecule has 1 atom stereocenters. The van der Waals surface area contributed by atoms with Crippen LogP contribution in [0.4, 0.5) is 0 Å². The fourth-order valence-corrected chi connectivity index (χ4v) is 4.56. The fraction of sp³-hybridized carbons (Fsp3) is 0.609. The van der Waals surface area contributed by atoms with Gasteiger partial charge in [-0.1, -0.05) is 17.7 Å². The van der Waals surface area contributed by atoms with Gasteiger partial charge in [0.25, 0.3) is 0 Å². The molecule has 0 bridgehead atoms. The molecule has 2 aromatic rings. The van der Waals surface area contributed by atoms with E-state index in [1.165, 1.54) is 18.4 Å². The highest BCUT2D eigenvalue weighted by molar-refractivity contribution is 5.54. The summed E-state index contributed by atoms with van der Waals surface area (Å²) >= 11 is 0. The van der Waals surface area contributed by atoms with Crippen LogP contribution >= 0.6 is 0 Å². The summed E-state index contributed by atoms with van der Waals surface area (Å²) in [6.45, 7) is 13.7. The molecule has 152 valence electrons. The Kier molecular flexibility index (Phi) is 6.14. The van der Waals surface area contributed by atoms with Gasteiger partial charge in [-0.2, -0.15) is 0 Å². The van der Waals surface area contributed by atoms with Gasteiger partial charge in [-0.05, 0) is 64.8 Å². The van der Waals surface area contributed by atoms with Crippen molar-refractivity contribution in [1.29, 1.82) is 0 Å². The fourth-order valence-electron chi connectivity index (χ4n) is 4.56. The standard InChI is InChI=1S/C23H33N3O2/c1-17-5-4-6-21(15-17)23-24-22(19(3)28-23)16-25-9-7-20(8-10-25)18(2)26-11-13-27-14-12-26/h4-6,15,18,20H,7-14,16H2,1-3H3/t18-/m1/s1. The van der Waals surface area contributed by atoms with Crippen molar-refractivity contribution in [1.82, 2.24) is 14.8 Å². The molecule has 0 N–H and O–H groups in total. The van der Waals surface area contributed by atoms with Gasteiger partial charge in [0.1, 0.15) is 5.76 Å². The first-order valence-electron chi connectivity index (χ1n) is 10.7. The summed E-state index contributed by atoms with van der Waals surface area (Å²) in [7, 11) is 0. The molecule has 2 saturated heterocycles. The maximum absolute atomic E-state index is 5.98. The summed E-state index contributed by atoms with van der Waals surface area (Å²) in [6.07, 6.45) is 2.53. The summed E-state index contributed by atoms with van der Waals surface area (Å²) in [5, 5.41) is 0. The number of hydrogen-bond donors (Lipinski definition) is 0. The van der Waals surface area contributed by atoms with Crippen LogP contribution in [-0.2, 0) is 11.3 Å². The van der Waals surface area contributed by atoms with Crippen molar-refractivity contribution < 1.29 is 9.15 Å². The molecule has 2 aliphatic rings. The predicted molar refractivity (Wildman–Crippen MR) is 111 cm³/mol. The number of nitrogens with zero attached hydrogens (tertiary/aromatic N) is 3. The molecule has 1 aromatic heterocycles. The number of aryl methyl sites for hydroxylation is 2. The minimum Gasteiger partial charge on any atom is -0.441 e. The smallest absolute Gasteiger partial charge is 0.226 e. The van der Waals surface area contributed by atoms with Crippen molar-refractivity contribution in [3.05, 3.63) is 41.3 Å². The zero-order valence-electron chi connectivity index (χ0n) is 17.5. The van der Waals surface area contributed by atoms with Gasteiger partial charge in [-0.25, -0.2) is 4.98 Å². The van der Waals surface area contributed by atoms with E-state index in [0.29, 0.717) is 6.04 Å². The molecule has 0 amide bonds. The molecule has 0 spiro atoms. The minimum absolute atomic E-state index is 0.660. The van der Waals surface area contributed by atoms with Crippen LogP contribution in [0.5, 0.6) is 0 Å². The van der Waals surface area contributed by atoms with Gasteiger partial charge in [0, 0.05) is 31.2 Å². The number of piperidine rings is 1. The Bertz CT molecular complexity index is 774. The Morgan fingerprint density at radius 2 is 1.86 bits per heavy atom. The molecule has 2 aliphatic heterocycles. The van der Waals surface area contributed by atoms with Gasteiger partial charge in [-0.3, -0.25) is 9.80 Å². The normalized spacial score (nSPS) is 21.1. The van der Waals surface area contributed by atoms with E-state index >= 15 is 0 Å². The molecule has 3 heterocycles. The molecule has 0 aliphatic carbocycles. The lowest BCUT2D eigenvalue weighted by atomic mass is 9.89. The summed E-state index contributed by atoms with van der Waals surface area (Å²) in [5.74, 6) is 2.47. The van der Waals surface area contributed by atoms with Gasteiger partial charge >= 0.3 is 0 Å². The summed E-state index contributed by atoms with van der Waals surface area (Å²) in [6, 6.07) is 9.02. The van der Waals surface area contributed by atoms with Crippen LogP contribution in [0.3, 0.4) is 0 Å². The average Bonchev–Trinajstić information content (AvgIpc) is 3.09. The SMILES string of the molecule is Cc1cccc(-c2nc(CN3CCC([C@@H](C)N4CCOCC4)CC3)c(C)o2)c1. The predicted octanol–water partition coefficient (Wildman–Crippen LogP) is 3.89. The number of morpholine rings is 1. The van der Waals surface area contributed by atoms with Gasteiger partial charge in [0.15, 0.2) is 0 Å². The third kappa shape index (κ3) is 4.48. The van der Waals surface area contributed by atoms with Crippen LogP contribution in [0.25, 0.3) is 11.5 Å². The number of ether oxygens (including phenoxy) is 1. The van der Waals surface area contributed by atoms with Crippen molar-refractivity contribution in [3.63, 3.8) is 0 Å². The van der Waals surface area contributed by atoms with Gasteiger partial charge in [0.05, 0.1) is 18.9 Å². The highest BCUT2D eigenvalue weighted by Crippen LogP contribution is 2.27. The molecule has 1 aromatic carbocycles. The molecular weight excluding hydrogens is 350 g/mol. The quantitative estimate of drug-likeness (QED) is 0.783. The van der Waals surface area contributed by atoms with Crippen molar-refractivity contribution in [2.45, 2.75) is 46.2 Å². The van der Waals surface area contributed by atoms with Crippen LogP contribution in [0, 0.1) is 19.8 Å². The van der Waals surface area contributed by atoms with Crippen LogP contribution in [0.2, 0.25) is 0 Å². The molecule has 0 radical (unpaired) electrons. The van der Waals surface area contributed by atoms with Crippen LogP contribution in [-0.4, -0.2) is 60.2 Å². The lowest BCUT2D eigenvalue weighted by molar-refractivity contribution is -0.00199. The van der Waals surface area contributed by atoms with E-state index in [9.17, 15) is 0 Å². The number of oxazole rings is 1. The van der Waals surface area contributed by atoms with E-state index in [4.69, 9.17) is 14.1 Å². The third-order valence-corrected chi connectivity index (χ3v) is 6.47. The first-order valence-corrected chi connectivity index (χ1v) is 10.7. The highest BCUT2D eigenvalue weighted by atomic mass is 16.5. The third-order valence-electron chi connectivity index (χ3n) is 6.47. The van der Waals surface area contributed by atoms with Crippen molar-refractivity contribution in [2.75, 3.05) is 39.4 Å². The monoisotopic (exact) mass is 383 g/mol. The van der Waals surface area contributed by atoms with Crippen LogP contribution < -0.4 is 0 Å². The zero-order chi connectivity index (χ0) is 19.5. The Morgan fingerprint density at radius 1 is 1.11 bits per heavy atom. The first-order chi connectivity index (χ1) is 13.6. The molecule has 0 unspecified atom stereocenters.